The lowest BCUT2D eigenvalue weighted by Crippen LogP contribution is -2.47. The average molecular weight is 338 g/mol. The molecule has 4 heterocycles. The van der Waals surface area contributed by atoms with Gasteiger partial charge < -0.3 is 14.4 Å². The average Bonchev–Trinajstić information content (AvgIpc) is 3.07. The van der Waals surface area contributed by atoms with Crippen molar-refractivity contribution in [2.75, 3.05) is 36.0 Å². The van der Waals surface area contributed by atoms with Crippen molar-refractivity contribution < 1.29 is 0 Å². The van der Waals surface area contributed by atoms with Crippen molar-refractivity contribution in [1.29, 1.82) is 0 Å². The highest BCUT2D eigenvalue weighted by Gasteiger charge is 2.23. The van der Waals surface area contributed by atoms with E-state index in [4.69, 9.17) is 0 Å². The quantitative estimate of drug-likeness (QED) is 0.717. The normalized spacial score (nSPS) is 15.2. The molecule has 0 aromatic carbocycles. The summed E-state index contributed by atoms with van der Waals surface area (Å²) < 4.78 is 2.05. The monoisotopic (exact) mass is 338 g/mol. The SMILES string of the molecule is CCn1cnc2c(N3CCN(c4ncnc(C)c4C)CC3)ncnc21. The Morgan fingerprint density at radius 2 is 1.48 bits per heavy atom. The second-order valence-electron chi connectivity index (χ2n) is 6.28. The fourth-order valence-electron chi connectivity index (χ4n) is 3.31. The summed E-state index contributed by atoms with van der Waals surface area (Å²) in [5, 5.41) is 0. The van der Waals surface area contributed by atoms with Crippen molar-refractivity contribution >= 4 is 22.8 Å². The second-order valence-corrected chi connectivity index (χ2v) is 6.28. The van der Waals surface area contributed by atoms with E-state index in [0.717, 1.165) is 66.8 Å². The van der Waals surface area contributed by atoms with E-state index < -0.39 is 0 Å². The molecule has 0 saturated carbocycles. The highest BCUT2D eigenvalue weighted by molar-refractivity contribution is 5.83. The molecule has 8 nitrogen and oxygen atoms in total. The van der Waals surface area contributed by atoms with Crippen molar-refractivity contribution in [3.8, 4) is 0 Å². The molecule has 3 aromatic heterocycles. The maximum Gasteiger partial charge on any atom is 0.165 e. The Morgan fingerprint density at radius 3 is 2.20 bits per heavy atom. The minimum Gasteiger partial charge on any atom is -0.353 e. The van der Waals surface area contributed by atoms with Crippen LogP contribution in [0.4, 0.5) is 11.6 Å². The summed E-state index contributed by atoms with van der Waals surface area (Å²) in [5.74, 6) is 1.96. The number of piperazine rings is 1. The summed E-state index contributed by atoms with van der Waals surface area (Å²) in [6.07, 6.45) is 5.12. The lowest BCUT2D eigenvalue weighted by Gasteiger charge is -2.36. The van der Waals surface area contributed by atoms with Gasteiger partial charge in [-0.25, -0.2) is 24.9 Å². The zero-order valence-corrected chi connectivity index (χ0v) is 14.8. The molecule has 1 fully saturated rings. The van der Waals surface area contributed by atoms with Crippen LogP contribution in [0.5, 0.6) is 0 Å². The summed E-state index contributed by atoms with van der Waals surface area (Å²) in [5.41, 5.74) is 3.97. The molecule has 0 aliphatic carbocycles. The van der Waals surface area contributed by atoms with Gasteiger partial charge >= 0.3 is 0 Å². The van der Waals surface area contributed by atoms with Crippen LogP contribution >= 0.6 is 0 Å². The largest absolute Gasteiger partial charge is 0.353 e. The molecule has 0 amide bonds. The minimum atomic E-state index is 0.854. The van der Waals surface area contributed by atoms with E-state index in [2.05, 4.69) is 48.6 Å². The third-order valence-electron chi connectivity index (χ3n) is 4.91. The molecule has 8 heteroatoms. The first kappa shape index (κ1) is 15.7. The molecule has 130 valence electrons. The van der Waals surface area contributed by atoms with E-state index in [1.165, 1.54) is 0 Å². The Labute approximate surface area is 146 Å². The molecule has 1 aliphatic rings. The third-order valence-corrected chi connectivity index (χ3v) is 4.91. The Morgan fingerprint density at radius 1 is 0.840 bits per heavy atom. The zero-order chi connectivity index (χ0) is 17.4. The van der Waals surface area contributed by atoms with E-state index >= 15 is 0 Å². The fraction of sp³-hybridized carbons (Fsp3) is 0.471. The van der Waals surface area contributed by atoms with Crippen LogP contribution in [0.2, 0.25) is 0 Å². The van der Waals surface area contributed by atoms with E-state index in [1.807, 2.05) is 17.8 Å². The van der Waals surface area contributed by atoms with Crippen molar-refractivity contribution in [3.05, 3.63) is 30.2 Å². The van der Waals surface area contributed by atoms with Crippen LogP contribution in [-0.4, -0.2) is 55.7 Å². The van der Waals surface area contributed by atoms with Gasteiger partial charge in [0, 0.05) is 44.0 Å². The van der Waals surface area contributed by atoms with Crippen molar-refractivity contribution in [2.24, 2.45) is 0 Å². The van der Waals surface area contributed by atoms with E-state index in [0.29, 0.717) is 0 Å². The third kappa shape index (κ3) is 2.67. The first-order chi connectivity index (χ1) is 12.2. The smallest absolute Gasteiger partial charge is 0.165 e. The number of hydrogen-bond acceptors (Lipinski definition) is 7. The summed E-state index contributed by atoms with van der Waals surface area (Å²) >= 11 is 0. The van der Waals surface area contributed by atoms with Gasteiger partial charge in [-0.3, -0.25) is 0 Å². The van der Waals surface area contributed by atoms with E-state index in [1.54, 1.807) is 12.7 Å². The zero-order valence-electron chi connectivity index (χ0n) is 14.8. The first-order valence-electron chi connectivity index (χ1n) is 8.63. The summed E-state index contributed by atoms with van der Waals surface area (Å²) in [6, 6.07) is 0. The number of aryl methyl sites for hydroxylation is 2. The van der Waals surface area contributed by atoms with Crippen LogP contribution in [0.15, 0.2) is 19.0 Å². The van der Waals surface area contributed by atoms with Gasteiger partial charge in [-0.15, -0.1) is 0 Å². The summed E-state index contributed by atoms with van der Waals surface area (Å²) in [4.78, 5) is 26.8. The van der Waals surface area contributed by atoms with Crippen molar-refractivity contribution in [3.63, 3.8) is 0 Å². The minimum absolute atomic E-state index is 0.854. The predicted octanol–water partition coefficient (Wildman–Crippen LogP) is 1.58. The molecule has 0 radical (unpaired) electrons. The molecular weight excluding hydrogens is 316 g/mol. The maximum absolute atomic E-state index is 4.53. The molecule has 0 bridgehead atoms. The number of anilines is 2. The molecule has 25 heavy (non-hydrogen) atoms. The highest BCUT2D eigenvalue weighted by atomic mass is 15.3. The van der Waals surface area contributed by atoms with Crippen molar-refractivity contribution in [1.82, 2.24) is 29.5 Å². The Kier molecular flexibility index (Phi) is 3.95. The van der Waals surface area contributed by atoms with Gasteiger partial charge in [0.05, 0.1) is 6.33 Å². The van der Waals surface area contributed by atoms with Gasteiger partial charge in [-0.1, -0.05) is 0 Å². The molecule has 4 rings (SSSR count). The lowest BCUT2D eigenvalue weighted by atomic mass is 10.2. The second kappa shape index (κ2) is 6.27. The number of aromatic nitrogens is 6. The Balaban J connectivity index is 1.56. The van der Waals surface area contributed by atoms with E-state index in [-0.39, 0.29) is 0 Å². The van der Waals surface area contributed by atoms with Crippen LogP contribution < -0.4 is 9.80 Å². The number of hydrogen-bond donors (Lipinski definition) is 0. The van der Waals surface area contributed by atoms with Crippen LogP contribution in [0.3, 0.4) is 0 Å². The standard InChI is InChI=1S/C17H22N8/c1-4-23-11-22-14-16(23)20-10-21-17(14)25-7-5-24(6-8-25)15-12(2)13(3)18-9-19-15/h9-11H,4-8H2,1-3H3. The van der Waals surface area contributed by atoms with Gasteiger partial charge in [-0.2, -0.15) is 0 Å². The van der Waals surface area contributed by atoms with Gasteiger partial charge in [0.2, 0.25) is 0 Å². The predicted molar refractivity (Wildman–Crippen MR) is 96.9 cm³/mol. The van der Waals surface area contributed by atoms with Gasteiger partial charge in [0.15, 0.2) is 17.0 Å². The molecule has 0 spiro atoms. The van der Waals surface area contributed by atoms with Crippen LogP contribution in [0.25, 0.3) is 11.2 Å². The molecule has 3 aromatic rings. The number of rotatable bonds is 3. The molecular formula is C17H22N8. The number of fused-ring (bicyclic) bond motifs is 1. The Hall–Kier alpha value is -2.77. The molecule has 1 saturated heterocycles. The molecule has 0 N–H and O–H groups in total. The summed E-state index contributed by atoms with van der Waals surface area (Å²) in [7, 11) is 0. The highest BCUT2D eigenvalue weighted by Crippen LogP contribution is 2.25. The number of nitrogens with zero attached hydrogens (tertiary/aromatic N) is 8. The summed E-state index contributed by atoms with van der Waals surface area (Å²) in [6.45, 7) is 10.6. The maximum atomic E-state index is 4.53. The lowest BCUT2D eigenvalue weighted by molar-refractivity contribution is 0.640. The topological polar surface area (TPSA) is 75.9 Å². The van der Waals surface area contributed by atoms with E-state index in [9.17, 15) is 0 Å². The Bertz CT molecular complexity index is 895. The van der Waals surface area contributed by atoms with Crippen LogP contribution in [-0.2, 0) is 6.54 Å². The van der Waals surface area contributed by atoms with Gasteiger partial charge in [0.1, 0.15) is 18.5 Å². The molecule has 0 unspecified atom stereocenters. The molecule has 0 atom stereocenters. The number of imidazole rings is 1. The fourth-order valence-corrected chi connectivity index (χ4v) is 3.31. The van der Waals surface area contributed by atoms with Crippen LogP contribution in [0.1, 0.15) is 18.2 Å². The van der Waals surface area contributed by atoms with Crippen LogP contribution in [0, 0.1) is 13.8 Å². The first-order valence-corrected chi connectivity index (χ1v) is 8.63. The van der Waals surface area contributed by atoms with Gasteiger partial charge in [-0.05, 0) is 20.8 Å². The van der Waals surface area contributed by atoms with Crippen molar-refractivity contribution in [2.45, 2.75) is 27.3 Å². The molecule has 1 aliphatic heterocycles. The van der Waals surface area contributed by atoms with Gasteiger partial charge in [0.25, 0.3) is 0 Å².